The van der Waals surface area contributed by atoms with Crippen LogP contribution in [0, 0.1) is 19.7 Å². The molecule has 0 saturated heterocycles. The van der Waals surface area contributed by atoms with Gasteiger partial charge in [-0.3, -0.25) is 9.13 Å². The second kappa shape index (κ2) is 19.9. The van der Waals surface area contributed by atoms with Crippen molar-refractivity contribution in [3.05, 3.63) is 124 Å². The maximum absolute atomic E-state index is 14.2. The molecule has 0 saturated carbocycles. The Morgan fingerprint density at radius 1 is 0.646 bits per heavy atom. The van der Waals surface area contributed by atoms with Crippen molar-refractivity contribution in [3.8, 4) is 28.6 Å². The van der Waals surface area contributed by atoms with E-state index in [-0.39, 0.29) is 30.3 Å². The van der Waals surface area contributed by atoms with Crippen molar-refractivity contribution in [1.82, 2.24) is 19.1 Å². The number of imidazole rings is 2. The van der Waals surface area contributed by atoms with Crippen molar-refractivity contribution in [2.45, 2.75) is 39.0 Å². The summed E-state index contributed by atoms with van der Waals surface area (Å²) in [6.07, 6.45) is -7.43. The van der Waals surface area contributed by atoms with Gasteiger partial charge < -0.3 is 29.6 Å². The Kier molecular flexibility index (Phi) is 14.6. The summed E-state index contributed by atoms with van der Waals surface area (Å²) in [6, 6.07) is 21.1. The zero-order valence-corrected chi connectivity index (χ0v) is 36.8. The SMILES string of the molecule is COC(=O)c1ccc(-n2cnc3c(NCCC(F)(F)F)cc(Br)cc32)cc1C.COC(=O)c1ccc(-n2cnc3c(NCCC(F)(F)F)cc(Oc4ccc(OC)c(F)c4)cc32)cc1C. The number of ether oxygens (including phenoxy) is 4. The fraction of sp³-hybridized carbons (Fsp3) is 0.244. The number of fused-ring (bicyclic) bond motifs is 2. The van der Waals surface area contributed by atoms with Gasteiger partial charge in [0, 0.05) is 47.1 Å². The second-order valence-electron chi connectivity index (χ2n) is 14.4. The van der Waals surface area contributed by atoms with Crippen LogP contribution in [0.15, 0.2) is 96.0 Å². The van der Waals surface area contributed by atoms with E-state index in [1.807, 2.05) is 16.7 Å². The highest BCUT2D eigenvalue weighted by Gasteiger charge is 2.27. The predicted molar refractivity (Wildman–Crippen MR) is 233 cm³/mol. The van der Waals surface area contributed by atoms with Gasteiger partial charge >= 0.3 is 24.3 Å². The van der Waals surface area contributed by atoms with Crippen LogP contribution in [0.3, 0.4) is 0 Å². The smallest absolute Gasteiger partial charge is 0.390 e. The number of nitrogens with one attached hydrogen (secondary N) is 2. The van der Waals surface area contributed by atoms with Crippen LogP contribution < -0.4 is 20.1 Å². The first-order valence-electron chi connectivity index (χ1n) is 19.5. The Hall–Kier alpha value is -6.83. The van der Waals surface area contributed by atoms with Gasteiger partial charge in [0.2, 0.25) is 0 Å². The number of carbonyl (C=O) groups is 2. The highest BCUT2D eigenvalue weighted by atomic mass is 79.9. The van der Waals surface area contributed by atoms with Gasteiger partial charge in [0.05, 0.1) is 67.7 Å². The zero-order chi connectivity index (χ0) is 47.2. The Bertz CT molecular complexity index is 2860. The molecule has 0 spiro atoms. The zero-order valence-electron chi connectivity index (χ0n) is 35.3. The third-order valence-corrected chi connectivity index (χ3v) is 10.3. The van der Waals surface area contributed by atoms with Gasteiger partial charge in [-0.15, -0.1) is 0 Å². The molecular formula is C45H40BrF7N6O6. The number of anilines is 2. The van der Waals surface area contributed by atoms with Gasteiger partial charge in [0.15, 0.2) is 11.6 Å². The summed E-state index contributed by atoms with van der Waals surface area (Å²) in [5.74, 6) is -1.06. The Labute approximate surface area is 375 Å². The number of methoxy groups -OCH3 is 3. The first-order chi connectivity index (χ1) is 30.8. The molecule has 7 aromatic rings. The Balaban J connectivity index is 0.000000224. The molecule has 342 valence electrons. The summed E-state index contributed by atoms with van der Waals surface area (Å²) in [4.78, 5) is 32.5. The largest absolute Gasteiger partial charge is 0.494 e. The quantitative estimate of drug-likeness (QED) is 0.0850. The molecule has 2 heterocycles. The molecule has 20 heteroatoms. The molecule has 0 aliphatic rings. The van der Waals surface area contributed by atoms with Crippen LogP contribution in [0.1, 0.15) is 44.7 Å². The lowest BCUT2D eigenvalue weighted by Gasteiger charge is -2.14. The molecule has 7 rings (SSSR count). The maximum atomic E-state index is 14.2. The molecule has 0 atom stereocenters. The van der Waals surface area contributed by atoms with Gasteiger partial charge in [-0.2, -0.15) is 26.3 Å². The summed E-state index contributed by atoms with van der Waals surface area (Å²) >= 11 is 3.40. The molecular weight excluding hydrogens is 933 g/mol. The minimum absolute atomic E-state index is 0.0427. The maximum Gasteiger partial charge on any atom is 0.390 e. The summed E-state index contributed by atoms with van der Waals surface area (Å²) < 4.78 is 114. The van der Waals surface area contributed by atoms with E-state index in [1.54, 1.807) is 67.2 Å². The number of rotatable bonds is 13. The third-order valence-electron chi connectivity index (χ3n) is 9.84. The molecule has 5 aromatic carbocycles. The molecule has 0 bridgehead atoms. The summed E-state index contributed by atoms with van der Waals surface area (Å²) in [7, 11) is 3.96. The van der Waals surface area contributed by atoms with Crippen LogP contribution in [0.5, 0.6) is 17.2 Å². The number of hydrogen-bond donors (Lipinski definition) is 2. The fourth-order valence-electron chi connectivity index (χ4n) is 6.71. The number of carbonyl (C=O) groups excluding carboxylic acids is 2. The van der Waals surface area contributed by atoms with E-state index in [1.165, 1.54) is 45.9 Å². The highest BCUT2D eigenvalue weighted by Crippen LogP contribution is 2.35. The van der Waals surface area contributed by atoms with E-state index in [4.69, 9.17) is 18.9 Å². The molecule has 12 nitrogen and oxygen atoms in total. The molecule has 2 aromatic heterocycles. The van der Waals surface area contributed by atoms with E-state index < -0.39 is 43.0 Å². The van der Waals surface area contributed by atoms with Crippen LogP contribution >= 0.6 is 15.9 Å². The second-order valence-corrected chi connectivity index (χ2v) is 15.3. The first kappa shape index (κ1) is 47.6. The molecule has 0 amide bonds. The number of hydrogen-bond acceptors (Lipinski definition) is 10. The van der Waals surface area contributed by atoms with Gasteiger partial charge in [0.1, 0.15) is 35.2 Å². The fourth-order valence-corrected chi connectivity index (χ4v) is 7.16. The first-order valence-corrected chi connectivity index (χ1v) is 20.3. The molecule has 0 unspecified atom stereocenters. The number of halogens is 8. The van der Waals surface area contributed by atoms with E-state index in [0.717, 1.165) is 17.3 Å². The van der Waals surface area contributed by atoms with Crippen LogP contribution in [-0.4, -0.2) is 77.8 Å². The normalized spacial score (nSPS) is 11.5. The lowest BCUT2D eigenvalue weighted by atomic mass is 10.1. The number of esters is 2. The Morgan fingerprint density at radius 3 is 1.58 bits per heavy atom. The summed E-state index contributed by atoms with van der Waals surface area (Å²) in [5, 5.41) is 5.58. The van der Waals surface area contributed by atoms with Gasteiger partial charge in [-0.1, -0.05) is 15.9 Å². The van der Waals surface area contributed by atoms with Crippen molar-refractivity contribution in [1.29, 1.82) is 0 Å². The highest BCUT2D eigenvalue weighted by molar-refractivity contribution is 9.10. The third kappa shape index (κ3) is 11.7. The number of benzene rings is 5. The number of aryl methyl sites for hydroxylation is 2. The average molecular weight is 974 g/mol. The van der Waals surface area contributed by atoms with E-state index in [2.05, 4.69) is 36.5 Å². The summed E-state index contributed by atoms with van der Waals surface area (Å²) in [5.41, 5.74) is 6.71. The van der Waals surface area contributed by atoms with Crippen molar-refractivity contribution in [2.24, 2.45) is 0 Å². The molecule has 0 fully saturated rings. The standard InChI is InChI=1S/C26H23F4N3O4.C19H17BrF3N3O2/c1-15-10-16(4-6-19(15)25(34)36-3)33-14-32-24-21(31-9-8-26(28,29)30)12-18(13-22(24)33)37-17-5-7-23(35-2)20(27)11-17;1-11-7-13(3-4-14(11)18(27)28-2)26-10-25-17-15(8-12(20)9-16(17)26)24-6-5-19(21,22)23/h4-7,10-14,31H,8-9H2,1-3H3;3-4,7-10,24H,5-6H2,1-2H3. The topological polar surface area (TPSA) is 131 Å². The molecule has 0 aliphatic carbocycles. The van der Waals surface area contributed by atoms with Gasteiger partial charge in [-0.05, 0) is 85.6 Å². The van der Waals surface area contributed by atoms with E-state index >= 15 is 0 Å². The average Bonchev–Trinajstić information content (AvgIpc) is 3.87. The van der Waals surface area contributed by atoms with Crippen LogP contribution in [-0.2, 0) is 9.47 Å². The van der Waals surface area contributed by atoms with Crippen LogP contribution in [0.25, 0.3) is 33.4 Å². The minimum atomic E-state index is -4.33. The van der Waals surface area contributed by atoms with E-state index in [0.29, 0.717) is 60.3 Å². The molecule has 0 radical (unpaired) electrons. The number of aromatic nitrogens is 4. The van der Waals surface area contributed by atoms with Crippen molar-refractivity contribution in [3.63, 3.8) is 0 Å². The minimum Gasteiger partial charge on any atom is -0.494 e. The van der Waals surface area contributed by atoms with Crippen molar-refractivity contribution >= 4 is 61.3 Å². The Morgan fingerprint density at radius 2 is 1.14 bits per heavy atom. The summed E-state index contributed by atoms with van der Waals surface area (Å²) in [6.45, 7) is 2.94. The van der Waals surface area contributed by atoms with Gasteiger partial charge in [0.25, 0.3) is 0 Å². The lowest BCUT2D eigenvalue weighted by molar-refractivity contribution is -0.132. The lowest BCUT2D eigenvalue weighted by Crippen LogP contribution is -2.14. The molecule has 65 heavy (non-hydrogen) atoms. The monoisotopic (exact) mass is 972 g/mol. The predicted octanol–water partition coefficient (Wildman–Crippen LogP) is 11.7. The number of nitrogens with zero attached hydrogens (tertiary/aromatic N) is 4. The van der Waals surface area contributed by atoms with E-state index in [9.17, 15) is 40.3 Å². The van der Waals surface area contributed by atoms with Gasteiger partial charge in [-0.25, -0.2) is 23.9 Å². The molecule has 0 aliphatic heterocycles. The molecule has 2 N–H and O–H groups in total. The van der Waals surface area contributed by atoms with Crippen molar-refractivity contribution in [2.75, 3.05) is 45.1 Å². The van der Waals surface area contributed by atoms with Crippen molar-refractivity contribution < 1.29 is 59.3 Å². The number of alkyl halides is 6. The van der Waals surface area contributed by atoms with Crippen LogP contribution in [0.2, 0.25) is 0 Å². The van der Waals surface area contributed by atoms with Crippen LogP contribution in [0.4, 0.5) is 42.1 Å².